The number of benzene rings is 1. The molecule has 1 aromatic carbocycles. The van der Waals surface area contributed by atoms with Gasteiger partial charge in [-0.25, -0.2) is 9.18 Å². The van der Waals surface area contributed by atoms with Crippen LogP contribution in [-0.4, -0.2) is 51.9 Å². The average Bonchev–Trinajstić information content (AvgIpc) is 2.68. The number of hydrogen-bond acceptors (Lipinski definition) is 4. The van der Waals surface area contributed by atoms with E-state index in [4.69, 9.17) is 0 Å². The van der Waals surface area contributed by atoms with Crippen LogP contribution in [0.4, 0.5) is 20.6 Å². The Morgan fingerprint density at radius 1 is 1.14 bits per heavy atom. The lowest BCUT2D eigenvalue weighted by atomic mass is 10.1. The molecule has 1 fully saturated rings. The van der Waals surface area contributed by atoms with Crippen molar-refractivity contribution in [1.82, 2.24) is 14.8 Å². The van der Waals surface area contributed by atoms with E-state index in [1.54, 1.807) is 37.4 Å². The second-order valence-corrected chi connectivity index (χ2v) is 7.39. The van der Waals surface area contributed by atoms with Gasteiger partial charge in [-0.1, -0.05) is 12.1 Å². The van der Waals surface area contributed by atoms with Gasteiger partial charge in [0.05, 0.1) is 17.6 Å². The number of anilines is 2. The number of aromatic nitrogens is 1. The van der Waals surface area contributed by atoms with Crippen molar-refractivity contribution in [2.24, 2.45) is 0 Å². The van der Waals surface area contributed by atoms with Gasteiger partial charge < -0.3 is 15.5 Å². The maximum Gasteiger partial charge on any atom is 0.323 e. The molecule has 0 spiro atoms. The number of halogens is 1. The van der Waals surface area contributed by atoms with Crippen molar-refractivity contribution in [3.05, 3.63) is 54.1 Å². The molecule has 2 aromatic rings. The van der Waals surface area contributed by atoms with E-state index in [1.165, 1.54) is 12.3 Å². The molecule has 29 heavy (non-hydrogen) atoms. The largest absolute Gasteiger partial charge is 0.340 e. The topological polar surface area (TPSA) is 77.6 Å². The van der Waals surface area contributed by atoms with Crippen LogP contribution in [0, 0.1) is 5.82 Å². The molecule has 3 rings (SSSR count). The fourth-order valence-corrected chi connectivity index (χ4v) is 3.64. The van der Waals surface area contributed by atoms with Gasteiger partial charge in [0.15, 0.2) is 5.82 Å². The molecule has 1 saturated heterocycles. The third-order valence-corrected chi connectivity index (χ3v) is 5.15. The standard InChI is InChI=1S/C21H26FN5O2/c1-14-11-26(16(3)28)12-15(2)27(14)13-17-6-4-8-19(20(17)22)25-21(29)24-18-7-5-9-23-10-18/h4-10,14-15H,11-13H2,1-3H3,(H2,24,25,29)/t14-,15+. The summed E-state index contributed by atoms with van der Waals surface area (Å²) in [5.74, 6) is -0.400. The third kappa shape index (κ3) is 5.08. The number of rotatable bonds is 4. The number of nitrogens with one attached hydrogen (secondary N) is 2. The lowest BCUT2D eigenvalue weighted by molar-refractivity contribution is -0.133. The summed E-state index contributed by atoms with van der Waals surface area (Å²) >= 11 is 0. The molecule has 0 radical (unpaired) electrons. The molecule has 7 nitrogen and oxygen atoms in total. The lowest BCUT2D eigenvalue weighted by Crippen LogP contribution is -2.57. The highest BCUT2D eigenvalue weighted by molar-refractivity contribution is 5.99. The minimum Gasteiger partial charge on any atom is -0.340 e. The Labute approximate surface area is 169 Å². The lowest BCUT2D eigenvalue weighted by Gasteiger charge is -2.44. The van der Waals surface area contributed by atoms with E-state index in [2.05, 4.69) is 20.5 Å². The summed E-state index contributed by atoms with van der Waals surface area (Å²) in [6.45, 7) is 7.28. The minimum atomic E-state index is -0.536. The number of urea groups is 1. The second kappa shape index (κ2) is 9.00. The van der Waals surface area contributed by atoms with Crippen LogP contribution in [0.2, 0.25) is 0 Å². The zero-order valence-electron chi connectivity index (χ0n) is 16.9. The Morgan fingerprint density at radius 3 is 2.48 bits per heavy atom. The fraction of sp³-hybridized carbons (Fsp3) is 0.381. The zero-order valence-corrected chi connectivity index (χ0v) is 16.9. The first-order valence-electron chi connectivity index (χ1n) is 9.62. The highest BCUT2D eigenvalue weighted by atomic mass is 19.1. The number of amides is 3. The summed E-state index contributed by atoms with van der Waals surface area (Å²) in [5, 5.41) is 5.18. The number of carbonyl (C=O) groups excluding carboxylic acids is 2. The van der Waals surface area contributed by atoms with Crippen molar-refractivity contribution in [2.75, 3.05) is 23.7 Å². The molecule has 2 atom stereocenters. The first-order chi connectivity index (χ1) is 13.8. The third-order valence-electron chi connectivity index (χ3n) is 5.15. The monoisotopic (exact) mass is 399 g/mol. The highest BCUT2D eigenvalue weighted by Crippen LogP contribution is 2.24. The van der Waals surface area contributed by atoms with Gasteiger partial charge in [0.1, 0.15) is 0 Å². The van der Waals surface area contributed by atoms with Gasteiger partial charge in [0.25, 0.3) is 0 Å². The summed E-state index contributed by atoms with van der Waals surface area (Å²) < 4.78 is 15.0. The van der Waals surface area contributed by atoms with Crippen molar-refractivity contribution in [2.45, 2.75) is 39.4 Å². The number of pyridine rings is 1. The molecule has 1 aliphatic rings. The molecule has 1 aliphatic heterocycles. The summed E-state index contributed by atoms with van der Waals surface area (Å²) in [6, 6.07) is 8.04. The van der Waals surface area contributed by atoms with E-state index in [0.29, 0.717) is 30.9 Å². The summed E-state index contributed by atoms with van der Waals surface area (Å²) in [5.41, 5.74) is 1.14. The Kier molecular flexibility index (Phi) is 6.43. The van der Waals surface area contributed by atoms with Crippen LogP contribution in [0.3, 0.4) is 0 Å². The SMILES string of the molecule is CC(=O)N1C[C@@H](C)N(Cc2cccc(NC(=O)Nc3cccnc3)c2F)[C@@H](C)C1. The molecule has 2 heterocycles. The first kappa shape index (κ1) is 20.7. The van der Waals surface area contributed by atoms with E-state index in [0.717, 1.165) is 0 Å². The maximum absolute atomic E-state index is 15.0. The molecule has 1 aromatic heterocycles. The molecule has 0 unspecified atom stereocenters. The smallest absolute Gasteiger partial charge is 0.323 e. The Hall–Kier alpha value is -3.00. The summed E-state index contributed by atoms with van der Waals surface area (Å²) in [7, 11) is 0. The molecule has 2 N–H and O–H groups in total. The van der Waals surface area contributed by atoms with Crippen LogP contribution in [0.5, 0.6) is 0 Å². The van der Waals surface area contributed by atoms with Gasteiger partial charge in [-0.15, -0.1) is 0 Å². The predicted molar refractivity (Wildman–Crippen MR) is 110 cm³/mol. The first-order valence-corrected chi connectivity index (χ1v) is 9.62. The fourth-order valence-electron chi connectivity index (χ4n) is 3.64. The normalized spacial score (nSPS) is 19.7. The van der Waals surface area contributed by atoms with E-state index >= 15 is 4.39 Å². The van der Waals surface area contributed by atoms with Gasteiger partial charge in [-0.2, -0.15) is 0 Å². The van der Waals surface area contributed by atoms with E-state index in [9.17, 15) is 9.59 Å². The predicted octanol–water partition coefficient (Wildman–Crippen LogP) is 3.31. The number of hydrogen-bond donors (Lipinski definition) is 2. The van der Waals surface area contributed by atoms with Crippen molar-refractivity contribution < 1.29 is 14.0 Å². The Balaban J connectivity index is 1.68. The van der Waals surface area contributed by atoms with Gasteiger partial charge >= 0.3 is 6.03 Å². The molecule has 154 valence electrons. The average molecular weight is 399 g/mol. The van der Waals surface area contributed by atoms with Crippen LogP contribution in [0.15, 0.2) is 42.7 Å². The molecule has 0 bridgehead atoms. The van der Waals surface area contributed by atoms with Gasteiger partial charge in [0.2, 0.25) is 5.91 Å². The summed E-state index contributed by atoms with van der Waals surface area (Å²) in [4.78, 5) is 31.8. The zero-order chi connectivity index (χ0) is 21.0. The van der Waals surface area contributed by atoms with E-state index in [-0.39, 0.29) is 23.7 Å². The maximum atomic E-state index is 15.0. The van der Waals surface area contributed by atoms with Gasteiger partial charge in [0, 0.05) is 50.4 Å². The van der Waals surface area contributed by atoms with Crippen LogP contribution in [0.1, 0.15) is 26.3 Å². The molecule has 0 saturated carbocycles. The molecule has 0 aliphatic carbocycles. The van der Waals surface area contributed by atoms with Gasteiger partial charge in [-0.3, -0.25) is 14.7 Å². The van der Waals surface area contributed by atoms with Crippen molar-refractivity contribution in [1.29, 1.82) is 0 Å². The Bertz CT molecular complexity index is 865. The summed E-state index contributed by atoms with van der Waals surface area (Å²) in [6.07, 6.45) is 3.11. The van der Waals surface area contributed by atoms with Crippen molar-refractivity contribution in [3.63, 3.8) is 0 Å². The quantitative estimate of drug-likeness (QED) is 0.827. The molecule has 3 amide bonds. The van der Waals surface area contributed by atoms with Crippen LogP contribution < -0.4 is 10.6 Å². The van der Waals surface area contributed by atoms with Crippen LogP contribution in [-0.2, 0) is 11.3 Å². The van der Waals surface area contributed by atoms with Crippen LogP contribution in [0.25, 0.3) is 0 Å². The highest BCUT2D eigenvalue weighted by Gasteiger charge is 2.31. The number of piperazine rings is 1. The molecule has 8 heteroatoms. The van der Waals surface area contributed by atoms with Gasteiger partial charge in [-0.05, 0) is 32.0 Å². The second-order valence-electron chi connectivity index (χ2n) is 7.39. The van der Waals surface area contributed by atoms with Crippen molar-refractivity contribution in [3.8, 4) is 0 Å². The van der Waals surface area contributed by atoms with Crippen molar-refractivity contribution >= 4 is 23.3 Å². The number of nitrogens with zero attached hydrogens (tertiary/aromatic N) is 3. The Morgan fingerprint density at radius 2 is 1.86 bits per heavy atom. The number of carbonyl (C=O) groups is 2. The van der Waals surface area contributed by atoms with E-state index in [1.807, 2.05) is 18.7 Å². The van der Waals surface area contributed by atoms with E-state index < -0.39 is 11.8 Å². The van der Waals surface area contributed by atoms with Crippen LogP contribution >= 0.6 is 0 Å². The molecular formula is C21H26FN5O2. The molecular weight excluding hydrogens is 373 g/mol. The minimum absolute atomic E-state index is 0.0559.